The van der Waals surface area contributed by atoms with Crippen LogP contribution >= 0.6 is 23.4 Å². The van der Waals surface area contributed by atoms with E-state index < -0.39 is 0 Å². The highest BCUT2D eigenvalue weighted by molar-refractivity contribution is 8.14. The molecule has 22 heavy (non-hydrogen) atoms. The van der Waals surface area contributed by atoms with Crippen LogP contribution in [0, 0.1) is 5.92 Å². The van der Waals surface area contributed by atoms with Gasteiger partial charge in [-0.15, -0.1) is 11.6 Å². The number of hydrogen-bond acceptors (Lipinski definition) is 3. The van der Waals surface area contributed by atoms with Gasteiger partial charge in [0.25, 0.3) is 0 Å². The SMILES string of the molecule is CCC(C)C1CSC(n2c(=O)n(CCCl)c3ccccc32)=N1. The van der Waals surface area contributed by atoms with E-state index in [0.29, 0.717) is 24.4 Å². The lowest BCUT2D eigenvalue weighted by molar-refractivity contribution is 0.481. The highest BCUT2D eigenvalue weighted by atomic mass is 35.5. The molecule has 1 aliphatic rings. The summed E-state index contributed by atoms with van der Waals surface area (Å²) in [5, 5.41) is 0.819. The van der Waals surface area contributed by atoms with Gasteiger partial charge in [-0.25, -0.2) is 9.36 Å². The van der Waals surface area contributed by atoms with Gasteiger partial charge in [-0.2, -0.15) is 0 Å². The molecule has 3 rings (SSSR count). The fourth-order valence-electron chi connectivity index (χ4n) is 2.76. The van der Waals surface area contributed by atoms with Crippen molar-refractivity contribution in [3.8, 4) is 0 Å². The smallest absolute Gasteiger partial charge is 0.290 e. The molecule has 0 spiro atoms. The fourth-order valence-corrected chi connectivity index (χ4v) is 4.16. The molecule has 2 aromatic rings. The lowest BCUT2D eigenvalue weighted by Gasteiger charge is -2.12. The summed E-state index contributed by atoms with van der Waals surface area (Å²) >= 11 is 7.53. The van der Waals surface area contributed by atoms with E-state index in [-0.39, 0.29) is 5.69 Å². The molecule has 0 aliphatic carbocycles. The third kappa shape index (κ3) is 2.61. The van der Waals surface area contributed by atoms with E-state index in [1.165, 1.54) is 0 Å². The predicted molar refractivity (Wildman–Crippen MR) is 95.5 cm³/mol. The van der Waals surface area contributed by atoms with E-state index in [0.717, 1.165) is 28.4 Å². The van der Waals surface area contributed by atoms with Crippen LogP contribution in [0.4, 0.5) is 0 Å². The summed E-state index contributed by atoms with van der Waals surface area (Å²) in [5.41, 5.74) is 1.79. The number of rotatable bonds is 4. The quantitative estimate of drug-likeness (QED) is 0.802. The molecular formula is C16H20ClN3OS. The number of halogens is 1. The van der Waals surface area contributed by atoms with Gasteiger partial charge in [0.1, 0.15) is 0 Å². The standard InChI is InChI=1S/C16H20ClN3OS/c1-3-11(2)12-10-22-15(18-12)20-14-7-5-4-6-13(14)19(9-8-17)16(20)21/h4-7,11-12H,3,8-10H2,1-2H3. The summed E-state index contributed by atoms with van der Waals surface area (Å²) < 4.78 is 3.48. The number of nitrogens with zero attached hydrogens (tertiary/aromatic N) is 3. The number of hydrogen-bond donors (Lipinski definition) is 0. The third-order valence-corrected chi connectivity index (χ3v) is 5.52. The van der Waals surface area contributed by atoms with Gasteiger partial charge >= 0.3 is 5.69 Å². The van der Waals surface area contributed by atoms with Gasteiger partial charge < -0.3 is 0 Å². The molecule has 0 saturated carbocycles. The van der Waals surface area contributed by atoms with Gasteiger partial charge in [0.2, 0.25) is 0 Å². The number of para-hydroxylation sites is 2. The number of thioether (sulfide) groups is 1. The van der Waals surface area contributed by atoms with Gasteiger partial charge in [-0.05, 0) is 18.1 Å². The molecule has 0 bridgehead atoms. The predicted octanol–water partition coefficient (Wildman–Crippen LogP) is 3.41. The summed E-state index contributed by atoms with van der Waals surface area (Å²) in [6.07, 6.45) is 1.10. The Hall–Kier alpha value is -1.20. The summed E-state index contributed by atoms with van der Waals surface area (Å²) in [5.74, 6) is 1.91. The van der Waals surface area contributed by atoms with Crippen molar-refractivity contribution in [3.63, 3.8) is 0 Å². The van der Waals surface area contributed by atoms with Gasteiger partial charge in [-0.1, -0.05) is 44.2 Å². The van der Waals surface area contributed by atoms with Crippen molar-refractivity contribution in [1.82, 2.24) is 9.13 Å². The van der Waals surface area contributed by atoms with Crippen molar-refractivity contribution < 1.29 is 0 Å². The summed E-state index contributed by atoms with van der Waals surface area (Å²) in [6, 6.07) is 8.14. The Balaban J connectivity index is 2.12. The number of aliphatic imine (C=N–C) groups is 1. The molecule has 2 unspecified atom stereocenters. The number of aromatic nitrogens is 2. The molecule has 0 saturated heterocycles. The Morgan fingerprint density at radius 3 is 2.82 bits per heavy atom. The van der Waals surface area contributed by atoms with Crippen molar-refractivity contribution >= 4 is 39.6 Å². The highest BCUT2D eigenvalue weighted by Gasteiger charge is 2.26. The maximum Gasteiger partial charge on any atom is 0.335 e. The first-order chi connectivity index (χ1) is 10.7. The maximum atomic E-state index is 12.8. The first kappa shape index (κ1) is 15.7. The minimum atomic E-state index is -0.0436. The van der Waals surface area contributed by atoms with E-state index in [2.05, 4.69) is 13.8 Å². The zero-order chi connectivity index (χ0) is 15.7. The zero-order valence-corrected chi connectivity index (χ0v) is 14.4. The first-order valence-electron chi connectivity index (χ1n) is 7.64. The summed E-state index contributed by atoms with van der Waals surface area (Å²) in [6.45, 7) is 4.92. The van der Waals surface area contributed by atoms with Gasteiger partial charge in [-0.3, -0.25) is 9.56 Å². The molecule has 6 heteroatoms. The van der Waals surface area contributed by atoms with Crippen LogP contribution < -0.4 is 5.69 Å². The molecule has 118 valence electrons. The van der Waals surface area contributed by atoms with Crippen LogP contribution in [0.2, 0.25) is 0 Å². The minimum absolute atomic E-state index is 0.0436. The molecule has 0 fully saturated rings. The fraction of sp³-hybridized carbons (Fsp3) is 0.500. The third-order valence-electron chi connectivity index (χ3n) is 4.30. The Bertz CT molecular complexity index is 764. The van der Waals surface area contributed by atoms with Crippen LogP contribution in [0.5, 0.6) is 0 Å². The Morgan fingerprint density at radius 2 is 2.14 bits per heavy atom. The van der Waals surface area contributed by atoms with Gasteiger partial charge in [0.15, 0.2) is 5.17 Å². The van der Waals surface area contributed by atoms with Crippen molar-refractivity contribution in [2.45, 2.75) is 32.9 Å². The van der Waals surface area contributed by atoms with Crippen molar-refractivity contribution in [2.75, 3.05) is 11.6 Å². The molecule has 4 nitrogen and oxygen atoms in total. The van der Waals surface area contributed by atoms with E-state index in [1.54, 1.807) is 20.9 Å². The van der Waals surface area contributed by atoms with Crippen LogP contribution in [0.25, 0.3) is 11.0 Å². The number of aryl methyl sites for hydroxylation is 1. The number of benzene rings is 1. The molecule has 2 heterocycles. The second-order valence-corrected chi connectivity index (χ2v) is 6.99. The van der Waals surface area contributed by atoms with Crippen LogP contribution in [-0.2, 0) is 6.54 Å². The maximum absolute atomic E-state index is 12.8. The highest BCUT2D eigenvalue weighted by Crippen LogP contribution is 2.27. The lowest BCUT2D eigenvalue weighted by atomic mass is 10.0. The van der Waals surface area contributed by atoms with Crippen LogP contribution in [0.15, 0.2) is 34.1 Å². The van der Waals surface area contributed by atoms with Crippen molar-refractivity contribution in [1.29, 1.82) is 0 Å². The first-order valence-corrected chi connectivity index (χ1v) is 9.16. The largest absolute Gasteiger partial charge is 0.335 e. The summed E-state index contributed by atoms with van der Waals surface area (Å²) in [7, 11) is 0. The van der Waals surface area contributed by atoms with Crippen LogP contribution in [0.3, 0.4) is 0 Å². The van der Waals surface area contributed by atoms with E-state index in [4.69, 9.17) is 16.6 Å². The van der Waals surface area contributed by atoms with E-state index >= 15 is 0 Å². The average molecular weight is 338 g/mol. The summed E-state index contributed by atoms with van der Waals surface area (Å²) in [4.78, 5) is 17.6. The van der Waals surface area contributed by atoms with Gasteiger partial charge in [0.05, 0.1) is 17.1 Å². The number of imidazole rings is 1. The molecule has 0 radical (unpaired) electrons. The Kier molecular flexibility index (Phi) is 4.64. The molecule has 1 aromatic heterocycles. The molecule has 2 atom stereocenters. The average Bonchev–Trinajstić information content (AvgIpc) is 3.11. The number of fused-ring (bicyclic) bond motifs is 1. The molecule has 0 amide bonds. The van der Waals surface area contributed by atoms with Crippen LogP contribution in [-0.4, -0.2) is 32.0 Å². The minimum Gasteiger partial charge on any atom is -0.290 e. The molecular weight excluding hydrogens is 318 g/mol. The Morgan fingerprint density at radius 1 is 1.41 bits per heavy atom. The van der Waals surface area contributed by atoms with Gasteiger partial charge in [0, 0.05) is 18.2 Å². The molecule has 1 aromatic carbocycles. The van der Waals surface area contributed by atoms with Crippen LogP contribution in [0.1, 0.15) is 20.3 Å². The van der Waals surface area contributed by atoms with Crippen molar-refractivity contribution in [2.24, 2.45) is 10.9 Å². The monoisotopic (exact) mass is 337 g/mol. The second-order valence-electron chi connectivity index (χ2n) is 5.62. The van der Waals surface area contributed by atoms with E-state index in [9.17, 15) is 4.79 Å². The lowest BCUT2D eigenvalue weighted by Crippen LogP contribution is -2.28. The molecule has 0 N–H and O–H groups in total. The number of alkyl halides is 1. The molecule has 1 aliphatic heterocycles. The topological polar surface area (TPSA) is 39.3 Å². The normalized spacial score (nSPS) is 19.6. The van der Waals surface area contributed by atoms with E-state index in [1.807, 2.05) is 24.3 Å². The Labute approximate surface area is 139 Å². The second kappa shape index (κ2) is 6.50. The van der Waals surface area contributed by atoms with Crippen molar-refractivity contribution in [3.05, 3.63) is 34.7 Å². The zero-order valence-electron chi connectivity index (χ0n) is 12.8.